The fourth-order valence-electron chi connectivity index (χ4n) is 2.67. The highest BCUT2D eigenvalue weighted by Crippen LogP contribution is 2.47. The summed E-state index contributed by atoms with van der Waals surface area (Å²) in [5.41, 5.74) is 0. The summed E-state index contributed by atoms with van der Waals surface area (Å²) in [6.45, 7) is 0. The van der Waals surface area contributed by atoms with Crippen molar-refractivity contribution in [3.63, 3.8) is 0 Å². The third-order valence-corrected chi connectivity index (χ3v) is 3.22. The fourth-order valence-corrected chi connectivity index (χ4v) is 2.67. The molecule has 0 aromatic heterocycles. The highest BCUT2D eigenvalue weighted by molar-refractivity contribution is 5.35. The van der Waals surface area contributed by atoms with Crippen LogP contribution in [0.25, 0.3) is 0 Å². The molecule has 2 bridgehead atoms. The Morgan fingerprint density at radius 3 is 1.62 bits per heavy atom. The first-order valence-electron chi connectivity index (χ1n) is 4.49. The molecule has 2 aliphatic rings. The molecule has 0 N–H and O–H groups in total. The summed E-state index contributed by atoms with van der Waals surface area (Å²) in [6.07, 6.45) is 6.03. The Morgan fingerprint density at radius 1 is 0.846 bits per heavy atom. The number of fused-ring (bicyclic) bond motifs is 2. The lowest BCUT2D eigenvalue weighted by molar-refractivity contribution is 0.375. The monoisotopic (exact) mass is 178 g/mol. The van der Waals surface area contributed by atoms with Crippen LogP contribution >= 0.6 is 0 Å². The molecular formula is C9H10N2O2. The number of carbonyl (C=O) groups excluding carboxylic acids is 2. The van der Waals surface area contributed by atoms with Gasteiger partial charge in [-0.3, -0.25) is 0 Å². The average molecular weight is 178 g/mol. The highest BCUT2D eigenvalue weighted by atomic mass is 16.1. The van der Waals surface area contributed by atoms with Gasteiger partial charge >= 0.3 is 0 Å². The average Bonchev–Trinajstić information content (AvgIpc) is 2.65. The zero-order valence-corrected chi connectivity index (χ0v) is 7.14. The third kappa shape index (κ3) is 1.35. The molecule has 2 aliphatic carbocycles. The van der Waals surface area contributed by atoms with E-state index in [1.54, 1.807) is 12.2 Å². The molecule has 68 valence electrons. The molecule has 0 amide bonds. The molecule has 0 saturated heterocycles. The van der Waals surface area contributed by atoms with Crippen molar-refractivity contribution >= 4 is 12.2 Å². The van der Waals surface area contributed by atoms with Gasteiger partial charge in [-0.15, -0.1) is 0 Å². The molecule has 2 unspecified atom stereocenters. The first kappa shape index (κ1) is 8.36. The predicted octanol–water partition coefficient (Wildman–Crippen LogP) is 0.825. The molecule has 0 aliphatic heterocycles. The van der Waals surface area contributed by atoms with Crippen molar-refractivity contribution in [3.05, 3.63) is 0 Å². The molecule has 2 fully saturated rings. The van der Waals surface area contributed by atoms with Gasteiger partial charge in [-0.2, -0.15) is 0 Å². The predicted molar refractivity (Wildman–Crippen MR) is 44.7 cm³/mol. The first-order chi connectivity index (χ1) is 6.35. The van der Waals surface area contributed by atoms with Crippen molar-refractivity contribution in [1.29, 1.82) is 0 Å². The number of hydrogen-bond acceptors (Lipinski definition) is 4. The van der Waals surface area contributed by atoms with E-state index in [-0.39, 0.29) is 12.1 Å². The molecule has 13 heavy (non-hydrogen) atoms. The maximum atomic E-state index is 10.1. The Hall–Kier alpha value is -1.24. The molecule has 0 radical (unpaired) electrons. The summed E-state index contributed by atoms with van der Waals surface area (Å²) in [7, 11) is 0. The number of rotatable bonds is 2. The summed E-state index contributed by atoms with van der Waals surface area (Å²) in [5, 5.41) is 0. The summed E-state index contributed by atoms with van der Waals surface area (Å²) in [5.74, 6) is 0.877. The van der Waals surface area contributed by atoms with Crippen LogP contribution in [0.15, 0.2) is 9.98 Å². The lowest BCUT2D eigenvalue weighted by Gasteiger charge is -2.20. The van der Waals surface area contributed by atoms with Crippen molar-refractivity contribution in [1.82, 2.24) is 0 Å². The van der Waals surface area contributed by atoms with E-state index in [1.165, 1.54) is 0 Å². The number of nitrogens with zero attached hydrogens (tertiary/aromatic N) is 2. The zero-order chi connectivity index (χ0) is 9.26. The van der Waals surface area contributed by atoms with E-state index in [1.807, 2.05) is 0 Å². The molecule has 4 nitrogen and oxygen atoms in total. The Kier molecular flexibility index (Phi) is 2.09. The van der Waals surface area contributed by atoms with Crippen molar-refractivity contribution < 1.29 is 9.59 Å². The van der Waals surface area contributed by atoms with Crippen LogP contribution in [0.3, 0.4) is 0 Å². The van der Waals surface area contributed by atoms with Crippen LogP contribution in [-0.4, -0.2) is 24.2 Å². The van der Waals surface area contributed by atoms with Crippen LogP contribution in [0, 0.1) is 11.8 Å². The maximum Gasteiger partial charge on any atom is 0.235 e. The Labute approximate surface area is 75.8 Å². The lowest BCUT2D eigenvalue weighted by atomic mass is 9.92. The number of isocyanates is 2. The Balaban J connectivity index is 2.06. The van der Waals surface area contributed by atoms with E-state index in [9.17, 15) is 9.59 Å². The van der Waals surface area contributed by atoms with E-state index >= 15 is 0 Å². The lowest BCUT2D eigenvalue weighted by Crippen LogP contribution is -2.22. The van der Waals surface area contributed by atoms with Gasteiger partial charge in [0.15, 0.2) is 0 Å². The van der Waals surface area contributed by atoms with Gasteiger partial charge in [0.2, 0.25) is 12.2 Å². The molecule has 2 rings (SSSR count). The molecule has 4 atom stereocenters. The van der Waals surface area contributed by atoms with Gasteiger partial charge in [-0.1, -0.05) is 0 Å². The van der Waals surface area contributed by atoms with Crippen LogP contribution in [0.5, 0.6) is 0 Å². The van der Waals surface area contributed by atoms with Crippen molar-refractivity contribution in [2.75, 3.05) is 0 Å². The van der Waals surface area contributed by atoms with Crippen LogP contribution in [0.2, 0.25) is 0 Å². The minimum absolute atomic E-state index is 0.139. The van der Waals surface area contributed by atoms with Gasteiger partial charge in [0.05, 0.1) is 12.1 Å². The quantitative estimate of drug-likeness (QED) is 0.464. The number of hydrogen-bond donors (Lipinski definition) is 0. The topological polar surface area (TPSA) is 58.9 Å². The first-order valence-corrected chi connectivity index (χ1v) is 4.49. The van der Waals surface area contributed by atoms with Gasteiger partial charge in [0.1, 0.15) is 0 Å². The molecule has 4 heteroatoms. The van der Waals surface area contributed by atoms with Crippen LogP contribution in [-0.2, 0) is 9.59 Å². The van der Waals surface area contributed by atoms with E-state index in [4.69, 9.17) is 0 Å². The Bertz CT molecular complexity index is 273. The SMILES string of the molecule is O=C=N[C@H]1CC2CC1C[C@@H]2N=C=O. The van der Waals surface area contributed by atoms with Gasteiger partial charge in [-0.25, -0.2) is 19.6 Å². The second kappa shape index (κ2) is 3.25. The fraction of sp³-hybridized carbons (Fsp3) is 0.778. The molecule has 0 spiro atoms. The molecule has 2 saturated carbocycles. The van der Waals surface area contributed by atoms with Gasteiger partial charge in [0.25, 0.3) is 0 Å². The normalized spacial score (nSPS) is 40.9. The minimum atomic E-state index is 0.139. The van der Waals surface area contributed by atoms with Crippen molar-refractivity contribution in [3.8, 4) is 0 Å². The highest BCUT2D eigenvalue weighted by Gasteiger charge is 2.46. The second-order valence-corrected chi connectivity index (χ2v) is 3.80. The standard InChI is InChI=1S/C9H10N2O2/c12-4-10-8-2-6-1-7(8)3-9(6)11-5-13/h6-9H,1-3H2/t6?,7?,8-,9-/m0/s1. The van der Waals surface area contributed by atoms with Gasteiger partial charge < -0.3 is 0 Å². The molecular weight excluding hydrogens is 168 g/mol. The van der Waals surface area contributed by atoms with Crippen molar-refractivity contribution in [2.24, 2.45) is 21.8 Å². The maximum absolute atomic E-state index is 10.1. The third-order valence-electron chi connectivity index (χ3n) is 3.22. The summed E-state index contributed by atoms with van der Waals surface area (Å²) in [4.78, 5) is 27.6. The largest absolute Gasteiger partial charge is 0.235 e. The molecule has 0 aromatic rings. The smallest absolute Gasteiger partial charge is 0.211 e. The summed E-state index contributed by atoms with van der Waals surface area (Å²) >= 11 is 0. The van der Waals surface area contributed by atoms with Gasteiger partial charge in [0, 0.05) is 0 Å². The van der Waals surface area contributed by atoms with Crippen LogP contribution in [0.4, 0.5) is 0 Å². The van der Waals surface area contributed by atoms with Crippen LogP contribution in [0.1, 0.15) is 19.3 Å². The van der Waals surface area contributed by atoms with E-state index < -0.39 is 0 Å². The van der Waals surface area contributed by atoms with E-state index in [0.29, 0.717) is 11.8 Å². The molecule has 0 heterocycles. The Morgan fingerprint density at radius 2 is 1.31 bits per heavy atom. The van der Waals surface area contributed by atoms with E-state index in [0.717, 1.165) is 19.3 Å². The number of aliphatic imine (C=N–C) groups is 2. The minimum Gasteiger partial charge on any atom is -0.211 e. The molecule has 0 aromatic carbocycles. The summed E-state index contributed by atoms with van der Waals surface area (Å²) < 4.78 is 0. The summed E-state index contributed by atoms with van der Waals surface area (Å²) in [6, 6.07) is 0.279. The zero-order valence-electron chi connectivity index (χ0n) is 7.14. The van der Waals surface area contributed by atoms with E-state index in [2.05, 4.69) is 9.98 Å². The van der Waals surface area contributed by atoms with Crippen molar-refractivity contribution in [2.45, 2.75) is 31.3 Å². The second-order valence-electron chi connectivity index (χ2n) is 3.80. The van der Waals surface area contributed by atoms with Crippen LogP contribution < -0.4 is 0 Å². The van der Waals surface area contributed by atoms with Gasteiger partial charge in [-0.05, 0) is 31.1 Å².